The van der Waals surface area contributed by atoms with E-state index < -0.39 is 35.9 Å². The van der Waals surface area contributed by atoms with Gasteiger partial charge in [0.2, 0.25) is 5.91 Å². The largest absolute Gasteiger partial charge is 0.497 e. The molecule has 0 aliphatic carbocycles. The number of halogens is 1. The van der Waals surface area contributed by atoms with Crippen LogP contribution in [0.1, 0.15) is 30.9 Å². The molecule has 1 aromatic heterocycles. The number of alkyl halides is 1. The minimum atomic E-state index is -1.15. The molecule has 27 heavy (non-hydrogen) atoms. The zero-order valence-electron chi connectivity index (χ0n) is 15.4. The van der Waals surface area contributed by atoms with Crippen LogP contribution in [0.4, 0.5) is 4.39 Å². The van der Waals surface area contributed by atoms with Crippen molar-refractivity contribution in [2.75, 3.05) is 13.8 Å². The molecule has 2 rings (SSSR count). The SMILES string of the molecule is COc1cccc(Cn2nccc(C(C)C(=O)NC(C)C(=O)CF)c2=O)c1. The number of aromatic nitrogens is 2. The van der Waals surface area contributed by atoms with E-state index in [1.165, 1.54) is 23.9 Å². The van der Waals surface area contributed by atoms with Gasteiger partial charge in [-0.1, -0.05) is 12.1 Å². The number of carbonyl (C=O) groups excluding carboxylic acids is 2. The predicted molar refractivity (Wildman–Crippen MR) is 97.6 cm³/mol. The average molecular weight is 375 g/mol. The Morgan fingerprint density at radius 2 is 2.04 bits per heavy atom. The van der Waals surface area contributed by atoms with Crippen LogP contribution in [-0.2, 0) is 16.1 Å². The maximum atomic E-state index is 12.7. The molecule has 0 spiro atoms. The normalized spacial score (nSPS) is 12.9. The number of Topliss-reactive ketones (excluding diaryl/α,β-unsaturated/α-hetero) is 1. The molecule has 2 aromatic rings. The fourth-order valence-corrected chi connectivity index (χ4v) is 2.53. The third-order valence-corrected chi connectivity index (χ3v) is 4.24. The number of benzene rings is 1. The second-order valence-corrected chi connectivity index (χ2v) is 6.15. The maximum absolute atomic E-state index is 12.7. The number of ether oxygens (including phenoxy) is 1. The number of carbonyl (C=O) groups is 2. The lowest BCUT2D eigenvalue weighted by Crippen LogP contribution is -2.42. The Bertz CT molecular complexity index is 881. The lowest BCUT2D eigenvalue weighted by molar-refractivity contribution is -0.128. The minimum absolute atomic E-state index is 0.217. The topological polar surface area (TPSA) is 90.3 Å². The van der Waals surface area contributed by atoms with E-state index in [1.54, 1.807) is 26.2 Å². The van der Waals surface area contributed by atoms with Crippen LogP contribution in [0.2, 0.25) is 0 Å². The smallest absolute Gasteiger partial charge is 0.271 e. The first-order valence-electron chi connectivity index (χ1n) is 8.45. The molecule has 1 aromatic carbocycles. The molecule has 0 fully saturated rings. The quantitative estimate of drug-likeness (QED) is 0.754. The van der Waals surface area contributed by atoms with Gasteiger partial charge in [-0.3, -0.25) is 14.4 Å². The summed E-state index contributed by atoms with van der Waals surface area (Å²) in [6.45, 7) is 2.02. The highest BCUT2D eigenvalue weighted by Crippen LogP contribution is 2.14. The molecule has 1 heterocycles. The van der Waals surface area contributed by atoms with Crippen molar-refractivity contribution < 1.29 is 18.7 Å². The summed E-state index contributed by atoms with van der Waals surface area (Å²) in [6, 6.07) is 7.75. The van der Waals surface area contributed by atoms with Crippen LogP contribution < -0.4 is 15.6 Å². The van der Waals surface area contributed by atoms with Crippen molar-refractivity contribution in [2.45, 2.75) is 32.4 Å². The lowest BCUT2D eigenvalue weighted by atomic mass is 10.0. The van der Waals surface area contributed by atoms with Crippen molar-refractivity contribution in [3.63, 3.8) is 0 Å². The summed E-state index contributed by atoms with van der Waals surface area (Å²) in [6.07, 6.45) is 1.44. The monoisotopic (exact) mass is 375 g/mol. The van der Waals surface area contributed by atoms with Crippen molar-refractivity contribution >= 4 is 11.7 Å². The van der Waals surface area contributed by atoms with Gasteiger partial charge in [0.15, 0.2) is 5.78 Å². The number of methoxy groups -OCH3 is 1. The first kappa shape index (κ1) is 20.3. The zero-order chi connectivity index (χ0) is 20.0. The van der Waals surface area contributed by atoms with Crippen LogP contribution in [0.15, 0.2) is 41.3 Å². The molecule has 2 unspecified atom stereocenters. The Hall–Kier alpha value is -3.03. The van der Waals surface area contributed by atoms with Gasteiger partial charge < -0.3 is 10.1 Å². The maximum Gasteiger partial charge on any atom is 0.271 e. The molecule has 8 heteroatoms. The van der Waals surface area contributed by atoms with Crippen molar-refractivity contribution in [2.24, 2.45) is 0 Å². The van der Waals surface area contributed by atoms with E-state index in [0.29, 0.717) is 5.75 Å². The standard InChI is InChI=1S/C19H22FN3O4/c1-12(18(25)22-13(2)17(24)10-20)16-7-8-21-23(19(16)26)11-14-5-4-6-15(9-14)27-3/h4-9,12-13H,10-11H2,1-3H3,(H,22,25). The van der Waals surface area contributed by atoms with Gasteiger partial charge in [0.05, 0.1) is 25.6 Å². The molecule has 144 valence electrons. The Labute approximate surface area is 156 Å². The molecular weight excluding hydrogens is 353 g/mol. The molecule has 1 N–H and O–H groups in total. The molecule has 0 saturated carbocycles. The second-order valence-electron chi connectivity index (χ2n) is 6.15. The number of hydrogen-bond donors (Lipinski definition) is 1. The number of nitrogens with zero attached hydrogens (tertiary/aromatic N) is 2. The van der Waals surface area contributed by atoms with Crippen LogP contribution >= 0.6 is 0 Å². The number of amides is 1. The van der Waals surface area contributed by atoms with E-state index in [9.17, 15) is 18.8 Å². The second kappa shape index (κ2) is 9.07. The molecule has 0 aliphatic rings. The van der Waals surface area contributed by atoms with Crippen LogP contribution in [0.5, 0.6) is 5.75 Å². The number of hydrogen-bond acceptors (Lipinski definition) is 5. The summed E-state index contributed by atoms with van der Waals surface area (Å²) < 4.78 is 18.8. The number of ketones is 1. The fraction of sp³-hybridized carbons (Fsp3) is 0.368. The number of nitrogens with one attached hydrogen (secondary N) is 1. The minimum Gasteiger partial charge on any atom is -0.497 e. The average Bonchev–Trinajstić information content (AvgIpc) is 2.68. The predicted octanol–water partition coefficient (Wildman–Crippen LogP) is 1.45. The van der Waals surface area contributed by atoms with E-state index in [0.717, 1.165) is 5.56 Å². The number of rotatable bonds is 8. The van der Waals surface area contributed by atoms with E-state index in [-0.39, 0.29) is 12.1 Å². The van der Waals surface area contributed by atoms with Gasteiger partial charge in [-0.15, -0.1) is 0 Å². The first-order chi connectivity index (χ1) is 12.9. The summed E-state index contributed by atoms with van der Waals surface area (Å²) in [5.41, 5.74) is 0.651. The van der Waals surface area contributed by atoms with Crippen molar-refractivity contribution in [1.82, 2.24) is 15.1 Å². The molecule has 7 nitrogen and oxygen atoms in total. The molecule has 0 bridgehead atoms. The van der Waals surface area contributed by atoms with Gasteiger partial charge in [-0.05, 0) is 37.6 Å². The molecular formula is C19H22FN3O4. The van der Waals surface area contributed by atoms with Gasteiger partial charge in [0, 0.05) is 11.8 Å². The molecule has 1 amide bonds. The van der Waals surface area contributed by atoms with Gasteiger partial charge in [0.25, 0.3) is 5.56 Å². The summed E-state index contributed by atoms with van der Waals surface area (Å²) in [7, 11) is 1.55. The fourth-order valence-electron chi connectivity index (χ4n) is 2.53. The Balaban J connectivity index is 2.21. The third kappa shape index (κ3) is 4.99. The Morgan fingerprint density at radius 1 is 1.30 bits per heavy atom. The molecule has 0 radical (unpaired) electrons. The third-order valence-electron chi connectivity index (χ3n) is 4.24. The Morgan fingerprint density at radius 3 is 2.70 bits per heavy atom. The van der Waals surface area contributed by atoms with Gasteiger partial charge in [-0.2, -0.15) is 5.10 Å². The highest BCUT2D eigenvalue weighted by Gasteiger charge is 2.23. The summed E-state index contributed by atoms with van der Waals surface area (Å²) >= 11 is 0. The van der Waals surface area contributed by atoms with Gasteiger partial charge in [0.1, 0.15) is 12.4 Å². The van der Waals surface area contributed by atoms with E-state index in [1.807, 2.05) is 12.1 Å². The summed E-state index contributed by atoms with van der Waals surface area (Å²) in [5, 5.41) is 6.49. The Kier molecular flexibility index (Phi) is 6.81. The van der Waals surface area contributed by atoms with Crippen LogP contribution in [-0.4, -0.2) is 41.3 Å². The molecule has 0 saturated heterocycles. The lowest BCUT2D eigenvalue weighted by Gasteiger charge is -2.16. The summed E-state index contributed by atoms with van der Waals surface area (Å²) in [5.74, 6) is -1.40. The van der Waals surface area contributed by atoms with E-state index >= 15 is 0 Å². The van der Waals surface area contributed by atoms with E-state index in [4.69, 9.17) is 4.74 Å². The summed E-state index contributed by atoms with van der Waals surface area (Å²) in [4.78, 5) is 36.3. The molecule has 0 aliphatic heterocycles. The van der Waals surface area contributed by atoms with E-state index in [2.05, 4.69) is 10.4 Å². The van der Waals surface area contributed by atoms with Crippen molar-refractivity contribution in [3.05, 3.63) is 58.0 Å². The molecule has 2 atom stereocenters. The highest BCUT2D eigenvalue weighted by atomic mass is 19.1. The highest BCUT2D eigenvalue weighted by molar-refractivity contribution is 5.91. The van der Waals surface area contributed by atoms with Crippen LogP contribution in [0, 0.1) is 0 Å². The van der Waals surface area contributed by atoms with Gasteiger partial charge >= 0.3 is 0 Å². The first-order valence-corrected chi connectivity index (χ1v) is 8.45. The zero-order valence-corrected chi connectivity index (χ0v) is 15.4. The van der Waals surface area contributed by atoms with Crippen LogP contribution in [0.25, 0.3) is 0 Å². The van der Waals surface area contributed by atoms with Crippen molar-refractivity contribution in [3.8, 4) is 5.75 Å². The van der Waals surface area contributed by atoms with Gasteiger partial charge in [-0.25, -0.2) is 9.07 Å². The van der Waals surface area contributed by atoms with Crippen molar-refractivity contribution in [1.29, 1.82) is 0 Å². The van der Waals surface area contributed by atoms with Crippen LogP contribution in [0.3, 0.4) is 0 Å².